The van der Waals surface area contributed by atoms with Crippen molar-refractivity contribution in [1.29, 1.82) is 0 Å². The first-order chi connectivity index (χ1) is 21.0. The van der Waals surface area contributed by atoms with Crippen molar-refractivity contribution in [1.82, 2.24) is 10.2 Å². The number of benzene rings is 4. The summed E-state index contributed by atoms with van der Waals surface area (Å²) in [6.07, 6.45) is 5.26. The van der Waals surface area contributed by atoms with E-state index in [0.717, 1.165) is 53.3 Å². The highest BCUT2D eigenvalue weighted by Gasteiger charge is 2.33. The summed E-state index contributed by atoms with van der Waals surface area (Å²) in [5.74, 6) is -0.259. The molecule has 220 valence electrons. The van der Waals surface area contributed by atoms with Gasteiger partial charge in [0.2, 0.25) is 11.8 Å². The number of halogens is 1. The lowest BCUT2D eigenvalue weighted by Crippen LogP contribution is -2.52. The summed E-state index contributed by atoms with van der Waals surface area (Å²) in [6.45, 7) is 0.712. The van der Waals surface area contributed by atoms with E-state index in [2.05, 4.69) is 5.32 Å². The first-order valence-corrected chi connectivity index (χ1v) is 15.6. The van der Waals surface area contributed by atoms with Crippen molar-refractivity contribution < 1.29 is 14.4 Å². The van der Waals surface area contributed by atoms with Gasteiger partial charge < -0.3 is 15.1 Å². The molecule has 6 nitrogen and oxygen atoms in total. The van der Waals surface area contributed by atoms with Crippen LogP contribution in [0.25, 0.3) is 10.8 Å². The Kier molecular flexibility index (Phi) is 8.75. The van der Waals surface area contributed by atoms with Gasteiger partial charge in [-0.1, -0.05) is 91.2 Å². The summed E-state index contributed by atoms with van der Waals surface area (Å²) in [7, 11) is 0. The van der Waals surface area contributed by atoms with Crippen molar-refractivity contribution in [2.45, 2.75) is 63.6 Å². The van der Waals surface area contributed by atoms with E-state index in [-0.39, 0.29) is 30.2 Å². The zero-order valence-electron chi connectivity index (χ0n) is 24.2. The molecular formula is C36H36ClN3O3. The van der Waals surface area contributed by atoms with Gasteiger partial charge in [-0.25, -0.2) is 0 Å². The molecule has 0 unspecified atom stereocenters. The van der Waals surface area contributed by atoms with Gasteiger partial charge in [-0.3, -0.25) is 14.4 Å². The third-order valence-electron chi connectivity index (χ3n) is 8.66. The smallest absolute Gasteiger partial charge is 0.258 e. The van der Waals surface area contributed by atoms with Gasteiger partial charge in [0.25, 0.3) is 5.91 Å². The molecule has 1 heterocycles. The molecule has 7 heteroatoms. The quantitative estimate of drug-likeness (QED) is 0.205. The number of hydrogen-bond acceptors (Lipinski definition) is 3. The van der Waals surface area contributed by atoms with E-state index in [1.54, 1.807) is 9.80 Å². The summed E-state index contributed by atoms with van der Waals surface area (Å²) in [4.78, 5) is 44.7. The molecule has 1 fully saturated rings. The lowest BCUT2D eigenvalue weighted by molar-refractivity contribution is -0.141. The number of amides is 3. The van der Waals surface area contributed by atoms with Crippen molar-refractivity contribution in [3.63, 3.8) is 0 Å². The Labute approximate surface area is 257 Å². The largest absolute Gasteiger partial charge is 0.352 e. The van der Waals surface area contributed by atoms with Crippen LogP contribution >= 0.6 is 11.6 Å². The highest BCUT2D eigenvalue weighted by molar-refractivity contribution is 6.30. The molecule has 1 aliphatic carbocycles. The number of carbonyl (C=O) groups excluding carboxylic acids is 3. The monoisotopic (exact) mass is 593 g/mol. The molecule has 6 rings (SSSR count). The van der Waals surface area contributed by atoms with Crippen molar-refractivity contribution in [3.8, 4) is 0 Å². The maximum Gasteiger partial charge on any atom is 0.258 e. The molecule has 43 heavy (non-hydrogen) atoms. The normalized spacial score (nSPS) is 15.2. The van der Waals surface area contributed by atoms with E-state index in [1.165, 1.54) is 0 Å². The van der Waals surface area contributed by atoms with Crippen LogP contribution in [0.5, 0.6) is 0 Å². The summed E-state index contributed by atoms with van der Waals surface area (Å²) in [5, 5.41) is 5.87. The molecule has 0 radical (unpaired) electrons. The first-order valence-electron chi connectivity index (χ1n) is 15.2. The summed E-state index contributed by atoms with van der Waals surface area (Å²) in [5.41, 5.74) is 3.49. The standard InChI is InChI=1S/C36H36ClN3O3/c37-28-20-18-26(19-21-28)24-40(32(23-25-9-2-1-3-10-25)35(42)38-29-13-4-5-14-29)33(41)17-8-22-39-31-16-7-12-27-11-6-15-30(34(27)31)36(39)43/h1-3,6-7,9-12,15-16,18-21,29,32H,4-5,8,13-14,17,22-24H2,(H,38,42)/t32-/m0/s1. The van der Waals surface area contributed by atoms with Gasteiger partial charge in [-0.05, 0) is 60.0 Å². The molecule has 3 amide bonds. The van der Waals surface area contributed by atoms with Crippen LogP contribution in [0.1, 0.15) is 60.0 Å². The molecule has 1 atom stereocenters. The Hall–Kier alpha value is -4.16. The minimum absolute atomic E-state index is 0.0323. The zero-order valence-corrected chi connectivity index (χ0v) is 24.9. The number of hydrogen-bond donors (Lipinski definition) is 1. The van der Waals surface area contributed by atoms with Gasteiger partial charge in [0.15, 0.2) is 0 Å². The van der Waals surface area contributed by atoms with Crippen LogP contribution in [0.4, 0.5) is 5.69 Å². The fourth-order valence-electron chi connectivity index (χ4n) is 6.44. The minimum atomic E-state index is -0.669. The molecule has 0 spiro atoms. The number of carbonyl (C=O) groups is 3. The second-order valence-electron chi connectivity index (χ2n) is 11.6. The summed E-state index contributed by atoms with van der Waals surface area (Å²) < 4.78 is 0. The van der Waals surface area contributed by atoms with E-state index in [9.17, 15) is 14.4 Å². The van der Waals surface area contributed by atoms with Crippen LogP contribution in [0.3, 0.4) is 0 Å². The Morgan fingerprint density at radius 2 is 1.60 bits per heavy atom. The zero-order chi connectivity index (χ0) is 29.8. The van der Waals surface area contributed by atoms with Crippen molar-refractivity contribution in [2.75, 3.05) is 11.4 Å². The number of rotatable bonds is 11. The van der Waals surface area contributed by atoms with Crippen LogP contribution in [0, 0.1) is 0 Å². The maximum absolute atomic E-state index is 14.1. The van der Waals surface area contributed by atoms with Crippen LogP contribution in [0.15, 0.2) is 91.0 Å². The topological polar surface area (TPSA) is 69.7 Å². The van der Waals surface area contributed by atoms with Crippen molar-refractivity contribution in [3.05, 3.63) is 113 Å². The SMILES string of the molecule is O=C(NC1CCCC1)[C@H](Cc1ccccc1)N(Cc1ccc(Cl)cc1)C(=O)CCCN1C(=O)c2cccc3cccc1c23. The molecule has 1 saturated carbocycles. The van der Waals surface area contributed by atoms with Crippen LogP contribution in [0.2, 0.25) is 5.02 Å². The van der Waals surface area contributed by atoms with E-state index in [4.69, 9.17) is 11.6 Å². The van der Waals surface area contributed by atoms with Gasteiger partial charge in [0.05, 0.1) is 5.69 Å². The van der Waals surface area contributed by atoms with E-state index in [1.807, 2.05) is 91.0 Å². The fourth-order valence-corrected chi connectivity index (χ4v) is 6.57. The molecule has 0 bridgehead atoms. The fraction of sp³-hybridized carbons (Fsp3) is 0.306. The maximum atomic E-state index is 14.1. The molecule has 0 aromatic heterocycles. The molecule has 0 saturated heterocycles. The number of nitrogens with one attached hydrogen (secondary N) is 1. The highest BCUT2D eigenvalue weighted by atomic mass is 35.5. The molecule has 4 aromatic rings. The molecule has 1 aliphatic heterocycles. The average molecular weight is 594 g/mol. The van der Waals surface area contributed by atoms with E-state index < -0.39 is 6.04 Å². The van der Waals surface area contributed by atoms with E-state index >= 15 is 0 Å². The number of nitrogens with zero attached hydrogens (tertiary/aromatic N) is 2. The summed E-state index contributed by atoms with van der Waals surface area (Å²) in [6, 6.07) is 28.5. The lowest BCUT2D eigenvalue weighted by atomic mass is 10.0. The second kappa shape index (κ2) is 13.0. The lowest BCUT2D eigenvalue weighted by Gasteiger charge is -2.32. The predicted octanol–water partition coefficient (Wildman–Crippen LogP) is 6.93. The Balaban J connectivity index is 1.23. The number of anilines is 1. The third kappa shape index (κ3) is 6.45. The second-order valence-corrected chi connectivity index (χ2v) is 12.0. The Morgan fingerprint density at radius 3 is 2.35 bits per heavy atom. The summed E-state index contributed by atoms with van der Waals surface area (Å²) >= 11 is 6.15. The van der Waals surface area contributed by atoms with E-state index in [0.29, 0.717) is 36.5 Å². The van der Waals surface area contributed by atoms with Gasteiger partial charge in [0.1, 0.15) is 6.04 Å². The van der Waals surface area contributed by atoms with Crippen molar-refractivity contribution in [2.24, 2.45) is 0 Å². The van der Waals surface area contributed by atoms with Gasteiger partial charge >= 0.3 is 0 Å². The van der Waals surface area contributed by atoms with Crippen molar-refractivity contribution >= 4 is 45.8 Å². The Bertz CT molecular complexity index is 1610. The Morgan fingerprint density at radius 1 is 0.884 bits per heavy atom. The predicted molar refractivity (Wildman–Crippen MR) is 171 cm³/mol. The molecule has 2 aliphatic rings. The minimum Gasteiger partial charge on any atom is -0.352 e. The van der Waals surface area contributed by atoms with Crippen LogP contribution < -0.4 is 10.2 Å². The van der Waals surface area contributed by atoms with Gasteiger partial charge in [-0.2, -0.15) is 0 Å². The van der Waals surface area contributed by atoms with Crippen LogP contribution in [-0.2, 0) is 22.6 Å². The molecule has 1 N–H and O–H groups in total. The van der Waals surface area contributed by atoms with Gasteiger partial charge in [-0.15, -0.1) is 0 Å². The molecular weight excluding hydrogens is 558 g/mol. The average Bonchev–Trinajstić information content (AvgIpc) is 3.63. The third-order valence-corrected chi connectivity index (χ3v) is 8.91. The first kappa shape index (κ1) is 28.9. The highest BCUT2D eigenvalue weighted by Crippen LogP contribution is 2.37. The van der Waals surface area contributed by atoms with Crippen LogP contribution in [-0.4, -0.2) is 41.2 Å². The molecule has 4 aromatic carbocycles. The van der Waals surface area contributed by atoms with Gasteiger partial charge in [0, 0.05) is 47.9 Å².